The van der Waals surface area contributed by atoms with Crippen molar-refractivity contribution in [3.05, 3.63) is 20.9 Å². The summed E-state index contributed by atoms with van der Waals surface area (Å²) in [4.78, 5) is 27.5. The van der Waals surface area contributed by atoms with E-state index in [9.17, 15) is 14.7 Å². The molecule has 0 aliphatic heterocycles. The van der Waals surface area contributed by atoms with Gasteiger partial charge in [0.25, 0.3) is 0 Å². The van der Waals surface area contributed by atoms with Gasteiger partial charge in [-0.2, -0.15) is 0 Å². The fraction of sp³-hybridized carbons (Fsp3) is 0.800. The number of ether oxygens (including phenoxy) is 2. The molecule has 5 unspecified atom stereocenters. The largest absolute Gasteiger partial charge is 0.458 e. The number of aliphatic hydroxyl groups excluding tert-OH is 1. The zero-order chi connectivity index (χ0) is 16.0. The van der Waals surface area contributed by atoms with E-state index in [0.29, 0.717) is 0 Å². The van der Waals surface area contributed by atoms with E-state index in [2.05, 4.69) is 20.1 Å². The third kappa shape index (κ3) is 4.25. The number of hydrogen-bond donors (Lipinski definition) is 1. The lowest BCUT2D eigenvalue weighted by atomic mass is 9.84. The summed E-state index contributed by atoms with van der Waals surface area (Å²) in [6.07, 6.45) is -3.85. The van der Waals surface area contributed by atoms with Crippen molar-refractivity contribution in [1.29, 1.82) is 0 Å². The van der Waals surface area contributed by atoms with Crippen LogP contribution < -0.4 is 0 Å². The molecule has 0 spiro atoms. The Morgan fingerprint density at radius 2 is 1.52 bits per heavy atom. The van der Waals surface area contributed by atoms with E-state index < -0.39 is 42.3 Å². The molecule has 1 N–H and O–H groups in total. The molecular formula is C10H14N6O5. The monoisotopic (exact) mass is 298 g/mol. The van der Waals surface area contributed by atoms with E-state index in [0.717, 1.165) is 13.8 Å². The van der Waals surface area contributed by atoms with Crippen LogP contribution in [0.4, 0.5) is 0 Å². The third-order valence-corrected chi connectivity index (χ3v) is 2.92. The number of azide groups is 2. The Morgan fingerprint density at radius 1 is 1.05 bits per heavy atom. The molecule has 0 aromatic rings. The first kappa shape index (κ1) is 16.6. The topological polar surface area (TPSA) is 170 Å². The molecule has 0 bridgehead atoms. The van der Waals surface area contributed by atoms with Crippen molar-refractivity contribution in [2.24, 2.45) is 10.2 Å². The quantitative estimate of drug-likeness (QED) is 0.352. The second-order valence-electron chi connectivity index (χ2n) is 4.42. The van der Waals surface area contributed by atoms with E-state index in [-0.39, 0.29) is 6.42 Å². The highest BCUT2D eigenvalue weighted by Gasteiger charge is 2.47. The molecule has 0 saturated heterocycles. The molecule has 1 saturated carbocycles. The fourth-order valence-corrected chi connectivity index (χ4v) is 2.18. The van der Waals surface area contributed by atoms with Crippen LogP contribution in [-0.4, -0.2) is 47.4 Å². The standard InChI is InChI=1S/C10H14N6O5/c1-4(17)20-9-7(14-16-12)3-6(13-15-11)8(19)10(9)21-5(2)18/h6-10,19H,3H2,1-2H3. The highest BCUT2D eigenvalue weighted by atomic mass is 16.6. The van der Waals surface area contributed by atoms with E-state index in [1.807, 2.05) is 0 Å². The van der Waals surface area contributed by atoms with Crippen LogP contribution in [0.1, 0.15) is 20.3 Å². The number of hydrogen-bond acceptors (Lipinski definition) is 7. The van der Waals surface area contributed by atoms with Gasteiger partial charge in [-0.1, -0.05) is 10.2 Å². The molecule has 11 heteroatoms. The van der Waals surface area contributed by atoms with E-state index >= 15 is 0 Å². The number of nitrogens with zero attached hydrogens (tertiary/aromatic N) is 6. The minimum atomic E-state index is -1.38. The van der Waals surface area contributed by atoms with Crippen molar-refractivity contribution >= 4 is 11.9 Å². The first-order valence-corrected chi connectivity index (χ1v) is 6.01. The molecule has 0 aromatic carbocycles. The number of carbonyl (C=O) groups excluding carboxylic acids is 2. The van der Waals surface area contributed by atoms with Crippen LogP contribution in [0, 0.1) is 0 Å². The minimum Gasteiger partial charge on any atom is -0.458 e. The van der Waals surface area contributed by atoms with E-state index in [1.54, 1.807) is 0 Å². The number of aliphatic hydroxyl groups is 1. The number of rotatable bonds is 4. The van der Waals surface area contributed by atoms with Gasteiger partial charge in [0.15, 0.2) is 6.10 Å². The normalized spacial score (nSPS) is 31.3. The SMILES string of the molecule is CC(=O)OC1C(N=[N+]=[N-])CC(N=[N+]=[N-])C(O)C1OC(C)=O. The van der Waals surface area contributed by atoms with Gasteiger partial charge in [-0.05, 0) is 17.5 Å². The van der Waals surface area contributed by atoms with Crippen LogP contribution in [0.3, 0.4) is 0 Å². The molecular weight excluding hydrogens is 284 g/mol. The Kier molecular flexibility index (Phi) is 5.79. The first-order chi connectivity index (χ1) is 9.90. The summed E-state index contributed by atoms with van der Waals surface area (Å²) in [5.41, 5.74) is 17.0. The van der Waals surface area contributed by atoms with Crippen LogP contribution in [0.2, 0.25) is 0 Å². The summed E-state index contributed by atoms with van der Waals surface area (Å²) < 4.78 is 9.93. The second-order valence-corrected chi connectivity index (χ2v) is 4.42. The minimum absolute atomic E-state index is 0.0367. The van der Waals surface area contributed by atoms with Gasteiger partial charge in [0.1, 0.15) is 12.2 Å². The second kappa shape index (κ2) is 7.34. The highest BCUT2D eigenvalue weighted by molar-refractivity contribution is 5.67. The zero-order valence-corrected chi connectivity index (χ0v) is 11.4. The Labute approximate surface area is 119 Å². The van der Waals surface area contributed by atoms with Gasteiger partial charge >= 0.3 is 11.9 Å². The van der Waals surface area contributed by atoms with Crippen LogP contribution in [0.15, 0.2) is 10.2 Å². The molecule has 1 fully saturated rings. The zero-order valence-electron chi connectivity index (χ0n) is 11.4. The van der Waals surface area contributed by atoms with Crippen LogP contribution >= 0.6 is 0 Å². The Bertz CT molecular complexity index is 512. The molecule has 1 rings (SSSR count). The molecule has 0 amide bonds. The molecule has 0 radical (unpaired) electrons. The van der Waals surface area contributed by atoms with E-state index in [4.69, 9.17) is 20.5 Å². The van der Waals surface area contributed by atoms with Gasteiger partial charge in [0.05, 0.1) is 12.1 Å². The average molecular weight is 298 g/mol. The summed E-state index contributed by atoms with van der Waals surface area (Å²) in [6, 6.07) is -1.90. The van der Waals surface area contributed by atoms with Crippen molar-refractivity contribution in [3.63, 3.8) is 0 Å². The molecule has 11 nitrogen and oxygen atoms in total. The third-order valence-electron chi connectivity index (χ3n) is 2.92. The smallest absolute Gasteiger partial charge is 0.303 e. The summed E-state index contributed by atoms with van der Waals surface area (Å²) in [7, 11) is 0. The summed E-state index contributed by atoms with van der Waals surface area (Å²) in [5, 5.41) is 17.0. The Morgan fingerprint density at radius 3 is 2.00 bits per heavy atom. The molecule has 1 aliphatic rings. The average Bonchev–Trinajstić information content (AvgIpc) is 2.38. The Balaban J connectivity index is 3.17. The van der Waals surface area contributed by atoms with Gasteiger partial charge in [0, 0.05) is 23.7 Å². The lowest BCUT2D eigenvalue weighted by molar-refractivity contribution is -0.184. The first-order valence-electron chi connectivity index (χ1n) is 6.01. The summed E-state index contributed by atoms with van der Waals surface area (Å²) in [6.45, 7) is 2.24. The molecule has 21 heavy (non-hydrogen) atoms. The number of esters is 2. The predicted octanol–water partition coefficient (Wildman–Crippen LogP) is 0.972. The van der Waals surface area contributed by atoms with Gasteiger partial charge in [-0.25, -0.2) is 0 Å². The fourth-order valence-electron chi connectivity index (χ4n) is 2.18. The maximum Gasteiger partial charge on any atom is 0.303 e. The summed E-state index contributed by atoms with van der Waals surface area (Å²) >= 11 is 0. The van der Waals surface area contributed by atoms with Crippen molar-refractivity contribution in [2.75, 3.05) is 0 Å². The molecule has 0 heterocycles. The van der Waals surface area contributed by atoms with Crippen molar-refractivity contribution in [3.8, 4) is 0 Å². The lowest BCUT2D eigenvalue weighted by Gasteiger charge is -2.40. The van der Waals surface area contributed by atoms with Gasteiger partial charge in [-0.3, -0.25) is 9.59 Å². The van der Waals surface area contributed by atoms with Crippen LogP contribution in [0.5, 0.6) is 0 Å². The maximum absolute atomic E-state index is 11.1. The van der Waals surface area contributed by atoms with E-state index in [1.165, 1.54) is 0 Å². The number of carbonyl (C=O) groups is 2. The molecule has 5 atom stereocenters. The molecule has 1 aliphatic carbocycles. The van der Waals surface area contributed by atoms with Crippen LogP contribution in [0.25, 0.3) is 20.9 Å². The Hall–Kier alpha value is -2.48. The molecule has 114 valence electrons. The maximum atomic E-state index is 11.1. The van der Waals surface area contributed by atoms with Gasteiger partial charge in [0.2, 0.25) is 0 Å². The highest BCUT2D eigenvalue weighted by Crippen LogP contribution is 2.30. The van der Waals surface area contributed by atoms with Crippen molar-refractivity contribution in [2.45, 2.75) is 50.7 Å². The van der Waals surface area contributed by atoms with Crippen LogP contribution in [-0.2, 0) is 19.1 Å². The lowest BCUT2D eigenvalue weighted by Crippen LogP contribution is -2.57. The predicted molar refractivity (Wildman–Crippen MR) is 67.6 cm³/mol. The molecule has 0 aromatic heterocycles. The van der Waals surface area contributed by atoms with Crippen molar-refractivity contribution in [1.82, 2.24) is 0 Å². The summed E-state index contributed by atoms with van der Waals surface area (Å²) in [5.74, 6) is -1.41. The van der Waals surface area contributed by atoms with Crippen molar-refractivity contribution < 1.29 is 24.2 Å². The van der Waals surface area contributed by atoms with Gasteiger partial charge in [-0.15, -0.1) is 0 Å². The van der Waals surface area contributed by atoms with Gasteiger partial charge < -0.3 is 14.6 Å².